The third-order valence-electron chi connectivity index (χ3n) is 1.26. The average molecular weight is 206 g/mol. The molecule has 0 radical (unpaired) electrons. The molecule has 1 saturated heterocycles. The maximum Gasteiger partial charge on any atom is 0.179 e. The fraction of sp³-hybridized carbons (Fsp3) is 1.00. The van der Waals surface area contributed by atoms with Gasteiger partial charge >= 0.3 is 0 Å². The van der Waals surface area contributed by atoms with Crippen molar-refractivity contribution in [1.29, 1.82) is 0 Å². The Labute approximate surface area is 74.2 Å². The lowest BCUT2D eigenvalue weighted by Crippen LogP contribution is -2.26. The van der Waals surface area contributed by atoms with Gasteiger partial charge in [0.2, 0.25) is 0 Å². The number of thioether (sulfide) groups is 1. The number of rotatable bonds is 0. The highest BCUT2D eigenvalue weighted by molar-refractivity contribution is 8.03. The Morgan fingerprint density at radius 3 is 2.44 bits per heavy atom. The van der Waals surface area contributed by atoms with E-state index in [-0.39, 0.29) is 5.38 Å². The number of hydrogen-bond donors (Lipinski definition) is 0. The molecule has 9 heavy (non-hydrogen) atoms. The number of hydrogen-bond acceptors (Lipinski definition) is 1. The van der Waals surface area contributed by atoms with Crippen molar-refractivity contribution in [3.05, 3.63) is 0 Å². The van der Waals surface area contributed by atoms with Crippen molar-refractivity contribution in [1.82, 2.24) is 0 Å². The molecule has 54 valence electrons. The standard InChI is InChI=1S/C5H7Cl3S/c6-4-2-1-3-9-5(4,7)8/h4H,1-3H2. The molecule has 1 heterocycles. The molecule has 0 N–H and O–H groups in total. The second-order valence-electron chi connectivity index (χ2n) is 2.02. The summed E-state index contributed by atoms with van der Waals surface area (Å²) in [5, 5.41) is -0.0837. The fourth-order valence-corrected chi connectivity index (χ4v) is 2.64. The molecule has 1 aliphatic rings. The molecule has 0 bridgehead atoms. The van der Waals surface area contributed by atoms with E-state index in [0.717, 1.165) is 18.6 Å². The van der Waals surface area contributed by atoms with Crippen LogP contribution in [0, 0.1) is 0 Å². The minimum Gasteiger partial charge on any atom is -0.122 e. The summed E-state index contributed by atoms with van der Waals surface area (Å²) in [6.45, 7) is 0. The molecule has 0 aromatic carbocycles. The normalized spacial score (nSPS) is 34.3. The Morgan fingerprint density at radius 2 is 2.11 bits per heavy atom. The van der Waals surface area contributed by atoms with Crippen LogP contribution >= 0.6 is 46.6 Å². The SMILES string of the molecule is ClC1CCCSC1(Cl)Cl. The van der Waals surface area contributed by atoms with Crippen LogP contribution in [-0.4, -0.2) is 14.8 Å². The van der Waals surface area contributed by atoms with E-state index < -0.39 is 3.67 Å². The van der Waals surface area contributed by atoms with E-state index in [9.17, 15) is 0 Å². The highest BCUT2D eigenvalue weighted by Gasteiger charge is 2.36. The van der Waals surface area contributed by atoms with Gasteiger partial charge in [-0.05, 0) is 18.6 Å². The van der Waals surface area contributed by atoms with Gasteiger partial charge in [-0.2, -0.15) is 0 Å². The molecule has 0 aromatic heterocycles. The second-order valence-corrected chi connectivity index (χ2v) is 5.72. The van der Waals surface area contributed by atoms with Crippen LogP contribution in [0.15, 0.2) is 0 Å². The van der Waals surface area contributed by atoms with Gasteiger partial charge < -0.3 is 0 Å². The topological polar surface area (TPSA) is 0 Å². The largest absolute Gasteiger partial charge is 0.179 e. The Hall–Kier alpha value is 1.22. The van der Waals surface area contributed by atoms with Crippen LogP contribution in [-0.2, 0) is 0 Å². The predicted octanol–water partition coefficient (Wildman–Crippen LogP) is 3.25. The van der Waals surface area contributed by atoms with Crippen molar-refractivity contribution in [2.45, 2.75) is 21.9 Å². The van der Waals surface area contributed by atoms with E-state index in [1.807, 2.05) is 0 Å². The maximum atomic E-state index is 5.82. The van der Waals surface area contributed by atoms with E-state index in [0.29, 0.717) is 0 Å². The highest BCUT2D eigenvalue weighted by atomic mass is 35.5. The van der Waals surface area contributed by atoms with Gasteiger partial charge in [0.05, 0.1) is 5.38 Å². The van der Waals surface area contributed by atoms with Gasteiger partial charge in [-0.15, -0.1) is 23.4 Å². The van der Waals surface area contributed by atoms with Crippen molar-refractivity contribution in [2.75, 3.05) is 5.75 Å². The van der Waals surface area contributed by atoms with Crippen molar-refractivity contribution in [2.24, 2.45) is 0 Å². The van der Waals surface area contributed by atoms with Gasteiger partial charge in [-0.1, -0.05) is 23.2 Å². The minimum absolute atomic E-state index is 0.0837. The van der Waals surface area contributed by atoms with Crippen molar-refractivity contribution < 1.29 is 0 Å². The zero-order valence-electron chi connectivity index (χ0n) is 4.74. The van der Waals surface area contributed by atoms with Gasteiger partial charge in [0.25, 0.3) is 0 Å². The van der Waals surface area contributed by atoms with E-state index in [1.54, 1.807) is 0 Å². The highest BCUT2D eigenvalue weighted by Crippen LogP contribution is 2.46. The second kappa shape index (κ2) is 3.08. The third-order valence-corrected chi connectivity index (χ3v) is 4.50. The molecule has 0 amide bonds. The Bertz CT molecular complexity index is 104. The Kier molecular flexibility index (Phi) is 2.85. The first-order chi connectivity index (χ1) is 4.13. The van der Waals surface area contributed by atoms with Crippen LogP contribution in [0.3, 0.4) is 0 Å². The summed E-state index contributed by atoms with van der Waals surface area (Å²) in [7, 11) is 0. The molecule has 1 aliphatic heterocycles. The summed E-state index contributed by atoms with van der Waals surface area (Å²) in [6, 6.07) is 0. The third kappa shape index (κ3) is 2.07. The van der Waals surface area contributed by atoms with Gasteiger partial charge in [0, 0.05) is 0 Å². The molecule has 1 unspecified atom stereocenters. The van der Waals surface area contributed by atoms with Crippen molar-refractivity contribution >= 4 is 46.6 Å². The van der Waals surface area contributed by atoms with Gasteiger partial charge in [-0.3, -0.25) is 0 Å². The summed E-state index contributed by atoms with van der Waals surface area (Å²) in [5.74, 6) is 1.02. The first kappa shape index (κ1) is 8.32. The number of alkyl halides is 3. The molecule has 0 nitrogen and oxygen atoms in total. The monoisotopic (exact) mass is 204 g/mol. The first-order valence-corrected chi connectivity index (χ1v) is 4.96. The molecule has 4 heteroatoms. The van der Waals surface area contributed by atoms with Crippen LogP contribution < -0.4 is 0 Å². The van der Waals surface area contributed by atoms with Gasteiger partial charge in [0.1, 0.15) is 0 Å². The maximum absolute atomic E-state index is 5.82. The van der Waals surface area contributed by atoms with Crippen LogP contribution in [0.1, 0.15) is 12.8 Å². The summed E-state index contributed by atoms with van der Waals surface area (Å²) in [6.07, 6.45) is 2.06. The van der Waals surface area contributed by atoms with Crippen molar-refractivity contribution in [3.63, 3.8) is 0 Å². The molecule has 1 fully saturated rings. The number of halogens is 3. The molecule has 0 aliphatic carbocycles. The molecule has 1 rings (SSSR count). The molecule has 0 aromatic rings. The zero-order chi connectivity index (χ0) is 6.91. The van der Waals surface area contributed by atoms with Gasteiger partial charge in [0.15, 0.2) is 3.67 Å². The lowest BCUT2D eigenvalue weighted by Gasteiger charge is -2.28. The van der Waals surface area contributed by atoms with Gasteiger partial charge in [-0.25, -0.2) is 0 Å². The fourth-order valence-electron chi connectivity index (χ4n) is 0.729. The summed E-state index contributed by atoms with van der Waals surface area (Å²) in [5.41, 5.74) is 0. The van der Waals surface area contributed by atoms with E-state index >= 15 is 0 Å². The molecular weight excluding hydrogens is 198 g/mol. The molecule has 1 atom stereocenters. The smallest absolute Gasteiger partial charge is 0.122 e. The summed E-state index contributed by atoms with van der Waals surface area (Å²) < 4.78 is -0.736. The molecular formula is C5H7Cl3S. The Morgan fingerprint density at radius 1 is 1.44 bits per heavy atom. The van der Waals surface area contributed by atoms with E-state index in [1.165, 1.54) is 11.8 Å². The predicted molar refractivity (Wildman–Crippen MR) is 45.8 cm³/mol. The minimum atomic E-state index is -0.736. The summed E-state index contributed by atoms with van der Waals surface area (Å²) >= 11 is 19.0. The van der Waals surface area contributed by atoms with Crippen LogP contribution in [0.4, 0.5) is 0 Å². The van der Waals surface area contributed by atoms with Crippen molar-refractivity contribution in [3.8, 4) is 0 Å². The van der Waals surface area contributed by atoms with E-state index in [4.69, 9.17) is 34.8 Å². The molecule has 0 spiro atoms. The quantitative estimate of drug-likeness (QED) is 0.547. The Balaban J connectivity index is 2.49. The zero-order valence-corrected chi connectivity index (χ0v) is 7.83. The van der Waals surface area contributed by atoms with Crippen LogP contribution in [0.2, 0.25) is 0 Å². The lowest BCUT2D eigenvalue weighted by atomic mass is 10.2. The van der Waals surface area contributed by atoms with Crippen LogP contribution in [0.5, 0.6) is 0 Å². The van der Waals surface area contributed by atoms with E-state index in [2.05, 4.69) is 0 Å². The first-order valence-electron chi connectivity index (χ1n) is 2.79. The van der Waals surface area contributed by atoms with Crippen LogP contribution in [0.25, 0.3) is 0 Å². The molecule has 0 saturated carbocycles. The lowest BCUT2D eigenvalue weighted by molar-refractivity contribution is 0.728. The average Bonchev–Trinajstić information content (AvgIpc) is 1.77. The summed E-state index contributed by atoms with van der Waals surface area (Å²) in [4.78, 5) is 0.